The topological polar surface area (TPSA) is 37.4 Å². The molecule has 144 valence electrons. The molecule has 0 spiro atoms. The van der Waals surface area contributed by atoms with Gasteiger partial charge in [-0.3, -0.25) is 14.5 Å². The van der Waals surface area contributed by atoms with Gasteiger partial charge >= 0.3 is 0 Å². The Morgan fingerprint density at radius 3 is 2.36 bits per heavy atom. The molecule has 2 aliphatic rings. The Balaban J connectivity index is 1.91. The number of aryl methyl sites for hydroxylation is 1. The van der Waals surface area contributed by atoms with Crippen molar-refractivity contribution >= 4 is 17.4 Å². The lowest BCUT2D eigenvalue weighted by Gasteiger charge is -2.43. The van der Waals surface area contributed by atoms with Crippen LogP contribution in [0.4, 0.5) is 10.1 Å². The van der Waals surface area contributed by atoms with E-state index in [9.17, 15) is 14.0 Å². The van der Waals surface area contributed by atoms with Crippen molar-refractivity contribution < 1.29 is 14.0 Å². The van der Waals surface area contributed by atoms with Crippen molar-refractivity contribution in [2.24, 2.45) is 5.41 Å². The lowest BCUT2D eigenvalue weighted by molar-refractivity contribution is -0.121. The summed E-state index contributed by atoms with van der Waals surface area (Å²) in [6.07, 6.45) is 1.17. The highest BCUT2D eigenvalue weighted by atomic mass is 19.1. The zero-order chi connectivity index (χ0) is 20.1. The van der Waals surface area contributed by atoms with Crippen molar-refractivity contribution in [3.63, 3.8) is 0 Å². The van der Waals surface area contributed by atoms with E-state index >= 15 is 0 Å². The zero-order valence-corrected chi connectivity index (χ0v) is 16.5. The zero-order valence-electron chi connectivity index (χ0n) is 16.5. The molecule has 1 amide bonds. The van der Waals surface area contributed by atoms with E-state index in [4.69, 9.17) is 0 Å². The van der Waals surface area contributed by atoms with Gasteiger partial charge in [-0.15, -0.1) is 0 Å². The predicted octanol–water partition coefficient (Wildman–Crippen LogP) is 5.30. The number of halogens is 1. The molecule has 28 heavy (non-hydrogen) atoms. The minimum atomic E-state index is -0.452. The average molecular weight is 377 g/mol. The third-order valence-electron chi connectivity index (χ3n) is 5.72. The number of benzene rings is 2. The molecule has 4 rings (SSSR count). The number of Topliss-reactive ketones (excluding diaryl/α,β-unsaturated/α-hetero) is 1. The van der Waals surface area contributed by atoms with Gasteiger partial charge in [0.1, 0.15) is 5.82 Å². The number of allylic oxidation sites excluding steroid dienone is 2. The first-order valence-corrected chi connectivity index (χ1v) is 9.67. The lowest BCUT2D eigenvalue weighted by Crippen LogP contribution is -2.44. The first-order valence-electron chi connectivity index (χ1n) is 9.67. The van der Waals surface area contributed by atoms with E-state index in [2.05, 4.69) is 0 Å². The quantitative estimate of drug-likeness (QED) is 0.712. The molecule has 0 radical (unpaired) electrons. The lowest BCUT2D eigenvalue weighted by atomic mass is 9.69. The Morgan fingerprint density at radius 2 is 1.68 bits per heavy atom. The number of nitrogens with zero attached hydrogens (tertiary/aromatic N) is 1. The highest BCUT2D eigenvalue weighted by Crippen LogP contribution is 2.48. The van der Waals surface area contributed by atoms with E-state index in [0.29, 0.717) is 24.1 Å². The van der Waals surface area contributed by atoms with E-state index in [1.165, 1.54) is 11.0 Å². The fraction of sp³-hybridized carbons (Fsp3) is 0.333. The third kappa shape index (κ3) is 3.17. The summed E-state index contributed by atoms with van der Waals surface area (Å²) in [5.41, 5.74) is 3.39. The van der Waals surface area contributed by atoms with Crippen molar-refractivity contribution in [1.29, 1.82) is 0 Å². The summed E-state index contributed by atoms with van der Waals surface area (Å²) in [5, 5.41) is 0. The molecule has 0 bridgehead atoms. The smallest absolute Gasteiger partial charge is 0.232 e. The minimum absolute atomic E-state index is 0.0608. The summed E-state index contributed by atoms with van der Waals surface area (Å²) in [5.74, 6) is -0.826. The van der Waals surface area contributed by atoms with Crippen LogP contribution in [0.2, 0.25) is 0 Å². The maximum atomic E-state index is 14.6. The number of rotatable bonds is 2. The maximum absolute atomic E-state index is 14.6. The van der Waals surface area contributed by atoms with Gasteiger partial charge in [-0.1, -0.05) is 55.8 Å². The summed E-state index contributed by atoms with van der Waals surface area (Å²) in [6, 6.07) is 14.3. The number of para-hydroxylation sites is 1. The number of hydrogen-bond acceptors (Lipinski definition) is 2. The molecule has 0 saturated carbocycles. The Morgan fingerprint density at radius 1 is 1.00 bits per heavy atom. The Kier molecular flexibility index (Phi) is 4.45. The molecule has 1 heterocycles. The van der Waals surface area contributed by atoms with Crippen LogP contribution in [-0.2, 0) is 9.59 Å². The average Bonchev–Trinajstić information content (AvgIpc) is 2.62. The molecule has 2 aromatic carbocycles. The molecule has 1 aliphatic heterocycles. The normalized spacial score (nSPS) is 21.7. The summed E-state index contributed by atoms with van der Waals surface area (Å²) in [4.78, 5) is 27.8. The van der Waals surface area contributed by atoms with Gasteiger partial charge in [0, 0.05) is 30.0 Å². The van der Waals surface area contributed by atoms with Crippen molar-refractivity contribution in [1.82, 2.24) is 0 Å². The third-order valence-corrected chi connectivity index (χ3v) is 5.72. The highest BCUT2D eigenvalue weighted by Gasteiger charge is 2.44. The van der Waals surface area contributed by atoms with E-state index < -0.39 is 5.82 Å². The fourth-order valence-corrected chi connectivity index (χ4v) is 4.41. The number of amides is 1. The fourth-order valence-electron chi connectivity index (χ4n) is 4.41. The Hall–Kier alpha value is -2.75. The molecule has 0 N–H and O–H groups in total. The number of carbonyl (C=O) groups is 2. The van der Waals surface area contributed by atoms with Gasteiger partial charge in [-0.25, -0.2) is 4.39 Å². The Bertz CT molecular complexity index is 988. The van der Waals surface area contributed by atoms with E-state index in [1.807, 2.05) is 45.0 Å². The predicted molar refractivity (Wildman–Crippen MR) is 107 cm³/mol. The molecular formula is C24H24FNO2. The van der Waals surface area contributed by atoms with Gasteiger partial charge in [0.2, 0.25) is 5.91 Å². The van der Waals surface area contributed by atoms with Crippen LogP contribution in [0.15, 0.2) is 59.8 Å². The van der Waals surface area contributed by atoms with Crippen LogP contribution < -0.4 is 4.90 Å². The van der Waals surface area contributed by atoms with Crippen molar-refractivity contribution in [2.45, 2.75) is 46.0 Å². The van der Waals surface area contributed by atoms with Crippen LogP contribution in [0.25, 0.3) is 0 Å². The molecule has 1 aliphatic carbocycles. The number of anilines is 1. The number of carbonyl (C=O) groups excluding carboxylic acids is 2. The number of ketones is 1. The van der Waals surface area contributed by atoms with Crippen molar-refractivity contribution in [3.8, 4) is 0 Å². The first-order chi connectivity index (χ1) is 13.3. The van der Waals surface area contributed by atoms with Crippen LogP contribution in [0.3, 0.4) is 0 Å². The summed E-state index contributed by atoms with van der Waals surface area (Å²) < 4.78 is 14.6. The van der Waals surface area contributed by atoms with Crippen molar-refractivity contribution in [3.05, 3.63) is 76.7 Å². The van der Waals surface area contributed by atoms with Crippen LogP contribution in [0.1, 0.15) is 50.2 Å². The van der Waals surface area contributed by atoms with E-state index in [-0.39, 0.29) is 35.1 Å². The Labute approximate surface area is 164 Å². The van der Waals surface area contributed by atoms with Gasteiger partial charge in [-0.2, -0.15) is 0 Å². The maximum Gasteiger partial charge on any atom is 0.232 e. The molecule has 3 nitrogen and oxygen atoms in total. The van der Waals surface area contributed by atoms with Gasteiger partial charge in [0.25, 0.3) is 0 Å². The van der Waals surface area contributed by atoms with Crippen LogP contribution in [-0.4, -0.2) is 11.7 Å². The van der Waals surface area contributed by atoms with E-state index in [1.54, 1.807) is 18.2 Å². The largest absolute Gasteiger partial charge is 0.294 e. The second-order valence-corrected chi connectivity index (χ2v) is 8.65. The van der Waals surface area contributed by atoms with Crippen LogP contribution in [0, 0.1) is 18.2 Å². The monoisotopic (exact) mass is 377 g/mol. The van der Waals surface area contributed by atoms with Gasteiger partial charge in [0.05, 0.1) is 5.69 Å². The van der Waals surface area contributed by atoms with Gasteiger partial charge < -0.3 is 0 Å². The highest BCUT2D eigenvalue weighted by molar-refractivity contribution is 6.07. The molecule has 0 aromatic heterocycles. The second-order valence-electron chi connectivity index (χ2n) is 8.65. The van der Waals surface area contributed by atoms with Crippen LogP contribution in [0.5, 0.6) is 0 Å². The second kappa shape index (κ2) is 6.69. The molecule has 1 atom stereocenters. The summed E-state index contributed by atoms with van der Waals surface area (Å²) in [6.45, 7) is 6.05. The number of hydrogen-bond donors (Lipinski definition) is 0. The summed E-state index contributed by atoms with van der Waals surface area (Å²) >= 11 is 0. The first kappa shape index (κ1) is 18.6. The molecule has 1 unspecified atom stereocenters. The molecule has 2 aromatic rings. The SMILES string of the molecule is Cc1ccc(C2CC(=O)N(c3ccccc3F)C3=C2C(=O)CC(C)(C)C3)cc1. The molecular weight excluding hydrogens is 353 g/mol. The summed E-state index contributed by atoms with van der Waals surface area (Å²) in [7, 11) is 0. The molecule has 4 heteroatoms. The van der Waals surface area contributed by atoms with Gasteiger partial charge in [0.15, 0.2) is 5.78 Å². The molecule has 0 fully saturated rings. The molecule has 0 saturated heterocycles. The van der Waals surface area contributed by atoms with Crippen molar-refractivity contribution in [2.75, 3.05) is 4.90 Å². The van der Waals surface area contributed by atoms with E-state index in [0.717, 1.165) is 11.1 Å². The minimum Gasteiger partial charge on any atom is -0.294 e. The van der Waals surface area contributed by atoms with Crippen LogP contribution >= 0.6 is 0 Å². The van der Waals surface area contributed by atoms with Gasteiger partial charge in [-0.05, 0) is 36.5 Å². The standard InChI is InChI=1S/C24H24FNO2/c1-15-8-10-16(11-9-15)17-12-22(28)26(19-7-5-4-6-18(19)25)20-13-24(2,3)14-21(27)23(17)20/h4-11,17H,12-14H2,1-3H3.